The molecule has 0 fully saturated rings. The first-order valence-electron chi connectivity index (χ1n) is 8.21. The highest BCUT2D eigenvalue weighted by molar-refractivity contribution is 7.10. The summed E-state index contributed by atoms with van der Waals surface area (Å²) in [5.41, 5.74) is 2.23. The number of rotatable bonds is 2. The maximum atomic E-state index is 12.4. The van der Waals surface area contributed by atoms with E-state index in [4.69, 9.17) is 9.47 Å². The number of nitrogens with zero attached hydrogens (tertiary/aromatic N) is 1. The molecule has 0 atom stereocenters. The monoisotopic (exact) mass is 341 g/mol. The molecule has 4 nitrogen and oxygen atoms in total. The highest BCUT2D eigenvalue weighted by Crippen LogP contribution is 2.31. The minimum Gasteiger partial charge on any atom is -0.490 e. The van der Waals surface area contributed by atoms with E-state index in [1.165, 1.54) is 10.4 Å². The van der Waals surface area contributed by atoms with Crippen molar-refractivity contribution in [3.05, 3.63) is 51.7 Å². The average Bonchev–Trinajstić information content (AvgIpc) is 2.96. The molecule has 2 aliphatic heterocycles. The molecular weight excluding hydrogens is 322 g/mol. The number of thiophene rings is 1. The Labute approximate surface area is 145 Å². The van der Waals surface area contributed by atoms with Crippen molar-refractivity contribution in [2.75, 3.05) is 19.8 Å². The number of benzene rings is 1. The van der Waals surface area contributed by atoms with Gasteiger partial charge in [0.1, 0.15) is 0 Å². The summed E-state index contributed by atoms with van der Waals surface area (Å²) >= 11 is 1.78. The minimum absolute atomic E-state index is 0.0546. The first kappa shape index (κ1) is 15.3. The van der Waals surface area contributed by atoms with Crippen LogP contribution in [0.25, 0.3) is 6.08 Å². The molecule has 0 saturated carbocycles. The molecule has 1 aromatic carbocycles. The zero-order chi connectivity index (χ0) is 16.4. The van der Waals surface area contributed by atoms with Crippen molar-refractivity contribution in [1.82, 2.24) is 4.90 Å². The number of amides is 1. The maximum absolute atomic E-state index is 12.4. The number of carbonyl (C=O) groups is 1. The first-order chi connectivity index (χ1) is 11.8. The molecule has 2 aliphatic rings. The highest BCUT2D eigenvalue weighted by atomic mass is 32.1. The third-order valence-corrected chi connectivity index (χ3v) is 5.33. The maximum Gasteiger partial charge on any atom is 0.246 e. The van der Waals surface area contributed by atoms with Gasteiger partial charge >= 0.3 is 0 Å². The summed E-state index contributed by atoms with van der Waals surface area (Å²) in [6, 6.07) is 7.90. The van der Waals surface area contributed by atoms with Crippen LogP contribution in [0.15, 0.2) is 35.7 Å². The lowest BCUT2D eigenvalue weighted by atomic mass is 10.1. The summed E-state index contributed by atoms with van der Waals surface area (Å²) in [6.07, 6.45) is 5.34. The van der Waals surface area contributed by atoms with Gasteiger partial charge in [-0.2, -0.15) is 0 Å². The third kappa shape index (κ3) is 3.17. The van der Waals surface area contributed by atoms with E-state index < -0.39 is 0 Å². The highest BCUT2D eigenvalue weighted by Gasteiger charge is 2.19. The van der Waals surface area contributed by atoms with Crippen molar-refractivity contribution in [2.24, 2.45) is 0 Å². The molecule has 4 rings (SSSR count). The Morgan fingerprint density at radius 3 is 2.96 bits per heavy atom. The van der Waals surface area contributed by atoms with Crippen molar-refractivity contribution >= 4 is 23.3 Å². The van der Waals surface area contributed by atoms with Gasteiger partial charge in [-0.1, -0.05) is 6.07 Å². The quantitative estimate of drug-likeness (QED) is 0.785. The Morgan fingerprint density at radius 1 is 1.17 bits per heavy atom. The van der Waals surface area contributed by atoms with Crippen LogP contribution in [0.4, 0.5) is 0 Å². The van der Waals surface area contributed by atoms with E-state index >= 15 is 0 Å². The fourth-order valence-corrected chi connectivity index (χ4v) is 3.88. The van der Waals surface area contributed by atoms with Crippen LogP contribution in [-0.4, -0.2) is 30.6 Å². The smallest absolute Gasteiger partial charge is 0.246 e. The van der Waals surface area contributed by atoms with Crippen molar-refractivity contribution < 1.29 is 14.3 Å². The largest absolute Gasteiger partial charge is 0.490 e. The Balaban J connectivity index is 1.45. The van der Waals surface area contributed by atoms with Crippen LogP contribution < -0.4 is 9.47 Å². The standard InChI is InChI=1S/C19H19NO3S/c21-19(20-8-6-18-15(13-20)7-11-24-18)5-3-14-2-4-16-17(12-14)23-10-1-9-22-16/h2-5,7,11-12H,1,6,8-10,13H2. The second-order valence-electron chi connectivity index (χ2n) is 5.97. The molecule has 2 aromatic rings. The van der Waals surface area contributed by atoms with Crippen molar-refractivity contribution in [1.29, 1.82) is 0 Å². The molecule has 1 amide bonds. The van der Waals surface area contributed by atoms with Crippen molar-refractivity contribution in [3.63, 3.8) is 0 Å². The lowest BCUT2D eigenvalue weighted by Crippen LogP contribution is -2.34. The van der Waals surface area contributed by atoms with Gasteiger partial charge in [0.2, 0.25) is 5.91 Å². The van der Waals surface area contributed by atoms with Crippen molar-refractivity contribution in [2.45, 2.75) is 19.4 Å². The molecule has 0 radical (unpaired) electrons. The topological polar surface area (TPSA) is 38.8 Å². The van der Waals surface area contributed by atoms with Crippen LogP contribution in [0, 0.1) is 0 Å². The van der Waals surface area contributed by atoms with E-state index in [0.717, 1.165) is 36.4 Å². The van der Waals surface area contributed by atoms with Gasteiger partial charge in [0.25, 0.3) is 0 Å². The second kappa shape index (κ2) is 6.69. The molecule has 0 bridgehead atoms. The Hall–Kier alpha value is -2.27. The predicted octanol–water partition coefficient (Wildman–Crippen LogP) is 3.51. The molecule has 5 heteroatoms. The van der Waals surface area contributed by atoms with Crippen LogP contribution in [0.3, 0.4) is 0 Å². The lowest BCUT2D eigenvalue weighted by molar-refractivity contribution is -0.126. The summed E-state index contributed by atoms with van der Waals surface area (Å²) < 4.78 is 11.3. The number of fused-ring (bicyclic) bond motifs is 2. The molecule has 124 valence electrons. The Morgan fingerprint density at radius 2 is 2.04 bits per heavy atom. The second-order valence-corrected chi connectivity index (χ2v) is 6.97. The number of hydrogen-bond donors (Lipinski definition) is 0. The van der Waals surface area contributed by atoms with Gasteiger partial charge in [0.15, 0.2) is 11.5 Å². The van der Waals surface area contributed by atoms with E-state index in [2.05, 4.69) is 11.4 Å². The summed E-state index contributed by atoms with van der Waals surface area (Å²) in [6.45, 7) is 2.84. The van der Waals surface area contributed by atoms with Crippen molar-refractivity contribution in [3.8, 4) is 11.5 Å². The van der Waals surface area contributed by atoms with Gasteiger partial charge in [0, 0.05) is 30.5 Å². The van der Waals surface area contributed by atoms with Gasteiger partial charge in [-0.15, -0.1) is 11.3 Å². The summed E-state index contributed by atoms with van der Waals surface area (Å²) in [5, 5.41) is 2.10. The van der Waals surface area contributed by atoms with E-state index in [1.807, 2.05) is 29.2 Å². The molecule has 24 heavy (non-hydrogen) atoms. The van der Waals surface area contributed by atoms with Gasteiger partial charge in [-0.3, -0.25) is 4.79 Å². The first-order valence-corrected chi connectivity index (χ1v) is 9.09. The lowest BCUT2D eigenvalue weighted by Gasteiger charge is -2.25. The van der Waals surface area contributed by atoms with E-state index in [-0.39, 0.29) is 5.91 Å². The molecule has 0 unspecified atom stereocenters. The predicted molar refractivity (Wildman–Crippen MR) is 94.5 cm³/mol. The third-order valence-electron chi connectivity index (χ3n) is 4.31. The normalized spacial score (nSPS) is 16.8. The van der Waals surface area contributed by atoms with Gasteiger partial charge in [-0.05, 0) is 47.2 Å². The summed E-state index contributed by atoms with van der Waals surface area (Å²) in [7, 11) is 0. The van der Waals surface area contributed by atoms with Crippen LogP contribution in [0.2, 0.25) is 0 Å². The zero-order valence-electron chi connectivity index (χ0n) is 13.4. The molecule has 0 N–H and O–H groups in total. The Bertz CT molecular complexity index is 781. The van der Waals surface area contributed by atoms with Crippen LogP contribution >= 0.6 is 11.3 Å². The SMILES string of the molecule is O=C(C=Cc1ccc2c(c1)OCCCO2)N1CCc2sccc2C1. The molecular formula is C19H19NO3S. The molecule has 0 aliphatic carbocycles. The minimum atomic E-state index is 0.0546. The number of carbonyl (C=O) groups excluding carboxylic acids is 1. The van der Waals surface area contributed by atoms with Gasteiger partial charge < -0.3 is 14.4 Å². The van der Waals surface area contributed by atoms with Crippen LogP contribution in [0.1, 0.15) is 22.4 Å². The van der Waals surface area contributed by atoms with E-state index in [0.29, 0.717) is 19.8 Å². The summed E-state index contributed by atoms with van der Waals surface area (Å²) in [5.74, 6) is 1.58. The van der Waals surface area contributed by atoms with Crippen LogP contribution in [0.5, 0.6) is 11.5 Å². The van der Waals surface area contributed by atoms with Gasteiger partial charge in [0.05, 0.1) is 13.2 Å². The van der Waals surface area contributed by atoms with E-state index in [1.54, 1.807) is 17.4 Å². The summed E-state index contributed by atoms with van der Waals surface area (Å²) in [4.78, 5) is 15.7. The van der Waals surface area contributed by atoms with E-state index in [9.17, 15) is 4.79 Å². The van der Waals surface area contributed by atoms with Gasteiger partial charge in [-0.25, -0.2) is 0 Å². The average molecular weight is 341 g/mol. The number of hydrogen-bond acceptors (Lipinski definition) is 4. The number of ether oxygens (including phenoxy) is 2. The molecule has 1 aromatic heterocycles. The van der Waals surface area contributed by atoms with Crippen LogP contribution in [-0.2, 0) is 17.8 Å². The molecule has 3 heterocycles. The zero-order valence-corrected chi connectivity index (χ0v) is 14.2. The molecule has 0 spiro atoms. The fraction of sp³-hybridized carbons (Fsp3) is 0.316. The Kier molecular flexibility index (Phi) is 4.26. The fourth-order valence-electron chi connectivity index (χ4n) is 2.99. The molecule has 0 saturated heterocycles.